The molecule has 0 aromatic heterocycles. The van der Waals surface area contributed by atoms with Crippen LogP contribution in [0.3, 0.4) is 0 Å². The van der Waals surface area contributed by atoms with Crippen LogP contribution in [0.5, 0.6) is 0 Å². The number of aliphatic hydroxyl groups is 11. The first-order valence-electron chi connectivity index (χ1n) is 24.5. The SMILES string of the molecule is CC(=O)O[C@H]1C[C@H](O[C@@H]2O[C@H](CO)[C@@H](O[C@@H]3O[C@H](CO)[C@@H](O)[C@H](O)[C@H]3O)[C@H](O[C@@H]3O[C@H](CO)[C@@H](O)[C@H](O)[C@H]3O)[C@H]2O)CC2=CC[C@H]3[C@@H]4CC[C@H]([C@@](C)(O)[C@H]5CC(C)=C(C)C(=O)O5)[C@@]4(C)CC[C@@H]3[C@]21C. The third-order valence-corrected chi connectivity index (χ3v) is 17.9. The molecule has 0 radical (unpaired) electrons. The highest BCUT2D eigenvalue weighted by molar-refractivity contribution is 5.89. The number of rotatable bonds is 12. The van der Waals surface area contributed by atoms with E-state index in [-0.39, 0.29) is 35.5 Å². The fourth-order valence-electron chi connectivity index (χ4n) is 13.8. The van der Waals surface area contributed by atoms with Crippen LogP contribution in [0.4, 0.5) is 0 Å². The van der Waals surface area contributed by atoms with Crippen molar-refractivity contribution in [2.75, 3.05) is 19.8 Å². The van der Waals surface area contributed by atoms with Crippen molar-refractivity contribution in [2.24, 2.45) is 34.5 Å². The van der Waals surface area contributed by atoms with Crippen LogP contribution >= 0.6 is 0 Å². The molecule has 392 valence electrons. The molecule has 3 saturated heterocycles. The highest BCUT2D eigenvalue weighted by Gasteiger charge is 2.65. The molecule has 21 heteroatoms. The lowest BCUT2D eigenvalue weighted by molar-refractivity contribution is -0.390. The van der Waals surface area contributed by atoms with Crippen LogP contribution in [0.15, 0.2) is 22.8 Å². The number of aliphatic hydroxyl groups excluding tert-OH is 10. The summed E-state index contributed by atoms with van der Waals surface area (Å²) < 4.78 is 48.0. The second-order valence-corrected chi connectivity index (χ2v) is 21.6. The maximum atomic E-state index is 12.9. The number of fused-ring (bicyclic) bond motifs is 5. The van der Waals surface area contributed by atoms with Crippen molar-refractivity contribution in [3.8, 4) is 0 Å². The number of carbonyl (C=O) groups excluding carboxylic acids is 2. The van der Waals surface area contributed by atoms with Gasteiger partial charge in [-0.05, 0) is 88.4 Å². The molecule has 0 amide bonds. The normalized spacial score (nSPS) is 50.0. The van der Waals surface area contributed by atoms with Crippen molar-refractivity contribution < 1.29 is 104 Å². The summed E-state index contributed by atoms with van der Waals surface area (Å²) in [6.45, 7) is 8.75. The minimum Gasteiger partial charge on any atom is -0.462 e. The fourth-order valence-corrected chi connectivity index (χ4v) is 13.8. The number of allylic oxidation sites excluding steroid dienone is 1. The molecule has 6 fully saturated rings. The van der Waals surface area contributed by atoms with Gasteiger partial charge in [-0.25, -0.2) is 4.79 Å². The zero-order valence-electron chi connectivity index (χ0n) is 40.1. The summed E-state index contributed by atoms with van der Waals surface area (Å²) in [5.41, 5.74) is 0.315. The second-order valence-electron chi connectivity index (χ2n) is 21.6. The predicted molar refractivity (Wildman–Crippen MR) is 234 cm³/mol. The van der Waals surface area contributed by atoms with Crippen LogP contribution in [0, 0.1) is 34.5 Å². The van der Waals surface area contributed by atoms with Crippen molar-refractivity contribution in [3.63, 3.8) is 0 Å². The lowest BCUT2D eigenvalue weighted by Crippen LogP contribution is -2.67. The molecule has 4 heterocycles. The predicted octanol–water partition coefficient (Wildman–Crippen LogP) is -1.66. The molecule has 0 unspecified atom stereocenters. The average molecular weight is 987 g/mol. The molecule has 4 aliphatic heterocycles. The topological polar surface area (TPSA) is 331 Å². The van der Waals surface area contributed by atoms with Crippen LogP contribution < -0.4 is 0 Å². The van der Waals surface area contributed by atoms with Gasteiger partial charge in [-0.15, -0.1) is 0 Å². The molecule has 0 aromatic rings. The minimum atomic E-state index is -1.95. The van der Waals surface area contributed by atoms with Crippen LogP contribution in [-0.2, 0) is 47.5 Å². The van der Waals surface area contributed by atoms with Gasteiger partial charge in [0.05, 0.1) is 25.9 Å². The van der Waals surface area contributed by atoms with Crippen LogP contribution in [0.25, 0.3) is 0 Å². The van der Waals surface area contributed by atoms with E-state index in [4.69, 9.17) is 37.9 Å². The van der Waals surface area contributed by atoms with E-state index in [2.05, 4.69) is 19.9 Å². The lowest BCUT2D eigenvalue weighted by atomic mass is 9.46. The maximum absolute atomic E-state index is 12.9. The zero-order chi connectivity index (χ0) is 50.2. The molecule has 8 aliphatic rings. The fraction of sp³-hybridized carbons (Fsp3) is 0.875. The van der Waals surface area contributed by atoms with Gasteiger partial charge in [-0.2, -0.15) is 0 Å². The molecule has 8 rings (SSSR count). The largest absolute Gasteiger partial charge is 0.462 e. The third-order valence-electron chi connectivity index (χ3n) is 17.9. The molecule has 3 saturated carbocycles. The lowest BCUT2D eigenvalue weighted by Gasteiger charge is -2.60. The quantitative estimate of drug-likeness (QED) is 0.0770. The third kappa shape index (κ3) is 9.27. The van der Waals surface area contributed by atoms with Gasteiger partial charge in [0.1, 0.15) is 91.1 Å². The molecule has 4 aliphatic carbocycles. The van der Waals surface area contributed by atoms with E-state index in [1.165, 1.54) is 6.92 Å². The smallest absolute Gasteiger partial charge is 0.334 e. The van der Waals surface area contributed by atoms with Crippen molar-refractivity contribution >= 4 is 11.9 Å². The average Bonchev–Trinajstić information content (AvgIpc) is 3.68. The molecule has 11 N–H and O–H groups in total. The number of hydrogen-bond donors (Lipinski definition) is 11. The highest BCUT2D eigenvalue weighted by atomic mass is 16.8. The minimum absolute atomic E-state index is 0.0804. The van der Waals surface area contributed by atoms with Gasteiger partial charge >= 0.3 is 11.9 Å². The Balaban J connectivity index is 1.04. The van der Waals surface area contributed by atoms with E-state index < -0.39 is 153 Å². The van der Waals surface area contributed by atoms with Gasteiger partial charge in [-0.1, -0.05) is 31.1 Å². The van der Waals surface area contributed by atoms with E-state index in [1.54, 1.807) is 6.92 Å². The van der Waals surface area contributed by atoms with E-state index in [9.17, 15) is 65.8 Å². The summed E-state index contributed by atoms with van der Waals surface area (Å²) in [7, 11) is 0. The Kier molecular flexibility index (Phi) is 15.5. The Hall–Kier alpha value is -2.26. The summed E-state index contributed by atoms with van der Waals surface area (Å²) >= 11 is 0. The number of cyclic esters (lactones) is 1. The Bertz CT molecular complexity index is 1920. The van der Waals surface area contributed by atoms with Crippen molar-refractivity contribution in [1.29, 1.82) is 0 Å². The summed E-state index contributed by atoms with van der Waals surface area (Å²) in [4.78, 5) is 25.7. The second kappa shape index (κ2) is 20.2. The van der Waals surface area contributed by atoms with Gasteiger partial charge in [0.25, 0.3) is 0 Å². The summed E-state index contributed by atoms with van der Waals surface area (Å²) in [6.07, 6.45) is -21.1. The molecule has 25 atom stereocenters. The molecular weight excluding hydrogens is 913 g/mol. The van der Waals surface area contributed by atoms with E-state index in [0.717, 1.165) is 36.8 Å². The number of carbonyl (C=O) groups is 2. The number of esters is 2. The molecule has 21 nitrogen and oxygen atoms in total. The van der Waals surface area contributed by atoms with Crippen LogP contribution in [-0.4, -0.2) is 204 Å². The summed E-state index contributed by atoms with van der Waals surface area (Å²) in [6, 6.07) is 0. The standard InChI is InChI=1S/C48H74O21/c1-19-13-32(67-42(60)20(19)2)48(6,61)30-10-9-25-24-8-7-22-14-23(15-31(62-21(3)52)47(22,5)26(24)11-12-46(25,30)4)63-45-39(59)41(69-44-38(58)36(56)34(54)28(17-50)65-44)40(29(18-51)66-45)68-43-37(57)35(55)33(53)27(16-49)64-43/h7,23-41,43-45,49-51,53-59,61H,8-18H2,1-6H3/t23-,24+,25+,26+,27-,28-,29-,30+,31+,32-,33-,34-,35+,36+,37-,38-,39-,40-,41-,43+,44+,45-,46+,47+,48-/m1/s1. The Morgan fingerprint density at radius 1 is 0.739 bits per heavy atom. The first-order chi connectivity index (χ1) is 32.5. The van der Waals surface area contributed by atoms with E-state index in [1.807, 2.05) is 13.8 Å². The Labute approximate surface area is 400 Å². The van der Waals surface area contributed by atoms with Crippen molar-refractivity contribution in [2.45, 2.75) is 209 Å². The zero-order valence-corrected chi connectivity index (χ0v) is 40.1. The van der Waals surface area contributed by atoms with Crippen molar-refractivity contribution in [3.05, 3.63) is 22.8 Å². The highest BCUT2D eigenvalue weighted by Crippen LogP contribution is 2.68. The molecule has 69 heavy (non-hydrogen) atoms. The Morgan fingerprint density at radius 2 is 1.30 bits per heavy atom. The Morgan fingerprint density at radius 3 is 1.87 bits per heavy atom. The van der Waals surface area contributed by atoms with Crippen LogP contribution in [0.2, 0.25) is 0 Å². The van der Waals surface area contributed by atoms with Gasteiger partial charge in [0, 0.05) is 30.8 Å². The monoisotopic (exact) mass is 986 g/mol. The molecule has 0 aromatic carbocycles. The molecular formula is C48H74O21. The summed E-state index contributed by atoms with van der Waals surface area (Å²) in [5, 5.41) is 119. The van der Waals surface area contributed by atoms with Crippen molar-refractivity contribution in [1.82, 2.24) is 0 Å². The molecule has 0 bridgehead atoms. The van der Waals surface area contributed by atoms with Gasteiger partial charge in [0.2, 0.25) is 0 Å². The summed E-state index contributed by atoms with van der Waals surface area (Å²) in [5.74, 6) is -0.555. The van der Waals surface area contributed by atoms with Crippen LogP contribution in [0.1, 0.15) is 92.9 Å². The van der Waals surface area contributed by atoms with E-state index >= 15 is 0 Å². The first kappa shape index (κ1) is 53.0. The molecule has 0 spiro atoms. The number of ether oxygens (including phenoxy) is 8. The van der Waals surface area contributed by atoms with E-state index in [0.29, 0.717) is 24.8 Å². The van der Waals surface area contributed by atoms with Gasteiger partial charge < -0.3 is 94.1 Å². The number of hydrogen-bond acceptors (Lipinski definition) is 21. The maximum Gasteiger partial charge on any atom is 0.334 e. The van der Waals surface area contributed by atoms with Gasteiger partial charge in [-0.3, -0.25) is 4.79 Å². The van der Waals surface area contributed by atoms with Gasteiger partial charge in [0.15, 0.2) is 18.9 Å². The first-order valence-corrected chi connectivity index (χ1v) is 24.5.